The van der Waals surface area contributed by atoms with E-state index in [1.807, 2.05) is 30.9 Å². The van der Waals surface area contributed by atoms with Crippen molar-refractivity contribution in [3.63, 3.8) is 0 Å². The molecule has 0 aliphatic heterocycles. The maximum Gasteiger partial charge on any atom is 0.148 e. The van der Waals surface area contributed by atoms with E-state index in [1.54, 1.807) is 0 Å². The molecule has 0 unspecified atom stereocenters. The minimum atomic E-state index is -2.87. The van der Waals surface area contributed by atoms with Crippen molar-refractivity contribution in [2.45, 2.75) is 26.4 Å². The van der Waals surface area contributed by atoms with Gasteiger partial charge >= 0.3 is 0 Å². The van der Waals surface area contributed by atoms with Crippen LogP contribution in [0.3, 0.4) is 0 Å². The minimum absolute atomic E-state index is 0.176. The standard InChI is InChI=1S/C10H19N3O2S/c1-9-6-12-13(7-9)8-10(2)11-4-5-16(3,14)15/h6-7,10-11H,4-5,8H2,1-3H3/t10-/m0/s1. The van der Waals surface area contributed by atoms with Crippen LogP contribution in [0.4, 0.5) is 0 Å². The molecular weight excluding hydrogens is 226 g/mol. The summed E-state index contributed by atoms with van der Waals surface area (Å²) in [6, 6.07) is 0.209. The van der Waals surface area contributed by atoms with Crippen molar-refractivity contribution in [3.8, 4) is 0 Å². The molecule has 1 heterocycles. The number of rotatable bonds is 6. The molecule has 0 saturated carbocycles. The summed E-state index contributed by atoms with van der Waals surface area (Å²) in [6.45, 7) is 5.24. The molecule has 0 aliphatic rings. The Bertz CT molecular complexity index is 425. The second-order valence-corrected chi connectivity index (χ2v) is 6.48. The van der Waals surface area contributed by atoms with Gasteiger partial charge in [-0.25, -0.2) is 8.42 Å². The summed E-state index contributed by atoms with van der Waals surface area (Å²) in [7, 11) is -2.87. The molecule has 0 bridgehead atoms. The van der Waals surface area contributed by atoms with Crippen LogP contribution in [0.15, 0.2) is 12.4 Å². The average Bonchev–Trinajstić information content (AvgIpc) is 2.48. The Labute approximate surface area is 96.8 Å². The van der Waals surface area contributed by atoms with E-state index in [4.69, 9.17) is 0 Å². The second kappa shape index (κ2) is 5.45. The molecule has 1 N–H and O–H groups in total. The van der Waals surface area contributed by atoms with Gasteiger partial charge in [-0.2, -0.15) is 5.10 Å². The van der Waals surface area contributed by atoms with Gasteiger partial charge in [0.15, 0.2) is 0 Å². The Balaban J connectivity index is 2.29. The van der Waals surface area contributed by atoms with E-state index in [0.717, 1.165) is 12.1 Å². The molecule has 0 saturated heterocycles. The van der Waals surface area contributed by atoms with Gasteiger partial charge in [0.25, 0.3) is 0 Å². The first-order valence-corrected chi connectivity index (χ1v) is 7.33. The van der Waals surface area contributed by atoms with Crippen molar-refractivity contribution >= 4 is 9.84 Å². The molecule has 1 rings (SSSR count). The van der Waals surface area contributed by atoms with Crippen molar-refractivity contribution < 1.29 is 8.42 Å². The van der Waals surface area contributed by atoms with Gasteiger partial charge in [0, 0.05) is 25.0 Å². The van der Waals surface area contributed by atoms with Crippen molar-refractivity contribution in [1.29, 1.82) is 0 Å². The van der Waals surface area contributed by atoms with E-state index in [-0.39, 0.29) is 11.8 Å². The summed E-state index contributed by atoms with van der Waals surface area (Å²) in [4.78, 5) is 0. The molecule has 0 fully saturated rings. The van der Waals surface area contributed by atoms with Crippen molar-refractivity contribution in [2.75, 3.05) is 18.6 Å². The smallest absolute Gasteiger partial charge is 0.148 e. The Morgan fingerprint density at radius 1 is 1.56 bits per heavy atom. The van der Waals surface area contributed by atoms with Gasteiger partial charge in [-0.3, -0.25) is 4.68 Å². The van der Waals surface area contributed by atoms with Gasteiger partial charge in [-0.05, 0) is 19.4 Å². The van der Waals surface area contributed by atoms with Crippen LogP contribution in [0.25, 0.3) is 0 Å². The molecule has 6 heteroatoms. The van der Waals surface area contributed by atoms with Crippen LogP contribution in [-0.2, 0) is 16.4 Å². The first-order valence-electron chi connectivity index (χ1n) is 5.27. The van der Waals surface area contributed by atoms with Crippen molar-refractivity contribution in [2.24, 2.45) is 0 Å². The lowest BCUT2D eigenvalue weighted by Crippen LogP contribution is -2.34. The van der Waals surface area contributed by atoms with E-state index in [9.17, 15) is 8.42 Å². The van der Waals surface area contributed by atoms with Gasteiger partial charge in [-0.15, -0.1) is 0 Å². The SMILES string of the molecule is Cc1cnn(C[C@H](C)NCCS(C)(=O)=O)c1. The number of nitrogens with one attached hydrogen (secondary N) is 1. The molecule has 92 valence electrons. The van der Waals surface area contributed by atoms with Crippen molar-refractivity contribution in [1.82, 2.24) is 15.1 Å². The zero-order chi connectivity index (χ0) is 12.2. The molecule has 0 radical (unpaired) electrons. The molecule has 0 aromatic carbocycles. The van der Waals surface area contributed by atoms with Crippen LogP contribution < -0.4 is 5.32 Å². The highest BCUT2D eigenvalue weighted by atomic mass is 32.2. The lowest BCUT2D eigenvalue weighted by atomic mass is 10.3. The second-order valence-electron chi connectivity index (χ2n) is 4.22. The topological polar surface area (TPSA) is 64.0 Å². The van der Waals surface area contributed by atoms with E-state index < -0.39 is 9.84 Å². The first kappa shape index (κ1) is 13.2. The summed E-state index contributed by atoms with van der Waals surface area (Å²) in [6.07, 6.45) is 5.02. The molecule has 0 aliphatic carbocycles. The van der Waals surface area contributed by atoms with Crippen LogP contribution in [0.1, 0.15) is 12.5 Å². The summed E-state index contributed by atoms with van der Waals surface area (Å²) in [5.74, 6) is 0.176. The summed E-state index contributed by atoms with van der Waals surface area (Å²) >= 11 is 0. The van der Waals surface area contributed by atoms with Crippen LogP contribution >= 0.6 is 0 Å². The third-order valence-corrected chi connectivity index (χ3v) is 3.13. The van der Waals surface area contributed by atoms with Gasteiger partial charge in [0.05, 0.1) is 18.5 Å². The molecule has 1 aromatic heterocycles. The molecule has 0 spiro atoms. The largest absolute Gasteiger partial charge is 0.311 e. The molecule has 5 nitrogen and oxygen atoms in total. The quantitative estimate of drug-likeness (QED) is 0.778. The summed E-state index contributed by atoms with van der Waals surface area (Å²) in [5.41, 5.74) is 1.13. The highest BCUT2D eigenvalue weighted by molar-refractivity contribution is 7.90. The fourth-order valence-electron chi connectivity index (χ4n) is 1.40. The highest BCUT2D eigenvalue weighted by Crippen LogP contribution is 1.96. The van der Waals surface area contributed by atoms with Crippen LogP contribution in [0.2, 0.25) is 0 Å². The monoisotopic (exact) mass is 245 g/mol. The molecular formula is C10H19N3O2S. The normalized spacial score (nSPS) is 13.9. The number of aromatic nitrogens is 2. The fourth-order valence-corrected chi connectivity index (χ4v) is 1.89. The van der Waals surface area contributed by atoms with Crippen LogP contribution in [0, 0.1) is 6.92 Å². The lowest BCUT2D eigenvalue weighted by Gasteiger charge is -2.13. The van der Waals surface area contributed by atoms with Gasteiger partial charge in [0.2, 0.25) is 0 Å². The summed E-state index contributed by atoms with van der Waals surface area (Å²) < 4.78 is 23.7. The predicted octanol–water partition coefficient (Wildman–Crippen LogP) is 0.214. The predicted molar refractivity (Wildman–Crippen MR) is 64.1 cm³/mol. The Hall–Kier alpha value is -0.880. The molecule has 16 heavy (non-hydrogen) atoms. The number of hydrogen-bond donors (Lipinski definition) is 1. The fraction of sp³-hybridized carbons (Fsp3) is 0.700. The third kappa shape index (κ3) is 5.27. The Morgan fingerprint density at radius 2 is 2.25 bits per heavy atom. The zero-order valence-corrected chi connectivity index (χ0v) is 10.8. The van der Waals surface area contributed by atoms with Gasteiger partial charge in [-0.1, -0.05) is 0 Å². The lowest BCUT2D eigenvalue weighted by molar-refractivity contribution is 0.461. The molecule has 1 aromatic rings. The maximum absolute atomic E-state index is 10.9. The Kier molecular flexibility index (Phi) is 4.49. The third-order valence-electron chi connectivity index (χ3n) is 2.19. The van der Waals surface area contributed by atoms with Gasteiger partial charge in [0.1, 0.15) is 9.84 Å². The number of sulfone groups is 1. The maximum atomic E-state index is 10.9. The Morgan fingerprint density at radius 3 is 2.75 bits per heavy atom. The van der Waals surface area contributed by atoms with Crippen molar-refractivity contribution in [3.05, 3.63) is 18.0 Å². The van der Waals surface area contributed by atoms with E-state index in [0.29, 0.717) is 6.54 Å². The van der Waals surface area contributed by atoms with E-state index >= 15 is 0 Å². The number of aryl methyl sites for hydroxylation is 1. The first-order chi connectivity index (χ1) is 7.37. The highest BCUT2D eigenvalue weighted by Gasteiger charge is 2.06. The molecule has 1 atom stereocenters. The minimum Gasteiger partial charge on any atom is -0.311 e. The van der Waals surface area contributed by atoms with E-state index in [2.05, 4.69) is 10.4 Å². The summed E-state index contributed by atoms with van der Waals surface area (Å²) in [5, 5.41) is 7.33. The number of nitrogens with zero attached hydrogens (tertiary/aromatic N) is 2. The number of hydrogen-bond acceptors (Lipinski definition) is 4. The average molecular weight is 245 g/mol. The zero-order valence-electron chi connectivity index (χ0n) is 9.97. The van der Waals surface area contributed by atoms with E-state index in [1.165, 1.54) is 6.26 Å². The van der Waals surface area contributed by atoms with Crippen LogP contribution in [0.5, 0.6) is 0 Å². The van der Waals surface area contributed by atoms with Crippen LogP contribution in [-0.4, -0.2) is 42.8 Å². The molecule has 0 amide bonds. The van der Waals surface area contributed by atoms with Gasteiger partial charge < -0.3 is 5.32 Å².